The van der Waals surface area contributed by atoms with Crippen LogP contribution in [0.15, 0.2) is 0 Å². The van der Waals surface area contributed by atoms with Crippen LogP contribution in [-0.4, -0.2) is 63.7 Å². The van der Waals surface area contributed by atoms with Gasteiger partial charge in [-0.1, -0.05) is 0 Å². The second-order valence-corrected chi connectivity index (χ2v) is 11.1. The van der Waals surface area contributed by atoms with Gasteiger partial charge in [0.25, 0.3) is 0 Å². The lowest BCUT2D eigenvalue weighted by Crippen LogP contribution is -2.48. The SMILES string of the molecule is CC(C)(CCCN(CCC(C)(C)NC(=O)OC(C)(C)C)C(=O)O)NC(=O)OC(C)(C)C. The summed E-state index contributed by atoms with van der Waals surface area (Å²) in [7, 11) is 0. The zero-order chi connectivity index (χ0) is 24.7. The first-order valence-corrected chi connectivity index (χ1v) is 10.7. The lowest BCUT2D eigenvalue weighted by atomic mass is 9.98. The molecule has 0 aliphatic heterocycles. The van der Waals surface area contributed by atoms with Crippen molar-refractivity contribution in [1.82, 2.24) is 15.5 Å². The van der Waals surface area contributed by atoms with Gasteiger partial charge in [0.1, 0.15) is 11.2 Å². The van der Waals surface area contributed by atoms with Crippen molar-refractivity contribution >= 4 is 18.3 Å². The summed E-state index contributed by atoms with van der Waals surface area (Å²) in [5.74, 6) is 0. The van der Waals surface area contributed by atoms with Crippen molar-refractivity contribution in [3.8, 4) is 0 Å². The summed E-state index contributed by atoms with van der Waals surface area (Å²) in [4.78, 5) is 36.9. The second kappa shape index (κ2) is 10.9. The number of carbonyl (C=O) groups excluding carboxylic acids is 2. The van der Waals surface area contributed by atoms with Gasteiger partial charge in [0.05, 0.1) is 0 Å². The number of amides is 3. The van der Waals surface area contributed by atoms with E-state index >= 15 is 0 Å². The molecule has 0 saturated carbocycles. The largest absolute Gasteiger partial charge is 0.465 e. The summed E-state index contributed by atoms with van der Waals surface area (Å²) in [5, 5.41) is 15.1. The normalized spacial score (nSPS) is 12.7. The molecule has 0 radical (unpaired) electrons. The topological polar surface area (TPSA) is 117 Å². The summed E-state index contributed by atoms with van der Waals surface area (Å²) in [5.41, 5.74) is -2.36. The molecule has 0 atom stereocenters. The van der Waals surface area contributed by atoms with Crippen LogP contribution >= 0.6 is 0 Å². The van der Waals surface area contributed by atoms with Crippen molar-refractivity contribution in [1.29, 1.82) is 0 Å². The molecule has 0 aromatic rings. The molecule has 0 saturated heterocycles. The van der Waals surface area contributed by atoms with Crippen LogP contribution in [0.5, 0.6) is 0 Å². The molecule has 0 bridgehead atoms. The van der Waals surface area contributed by atoms with Gasteiger partial charge < -0.3 is 30.1 Å². The van der Waals surface area contributed by atoms with Gasteiger partial charge in [-0.25, -0.2) is 14.4 Å². The van der Waals surface area contributed by atoms with E-state index in [2.05, 4.69) is 10.6 Å². The van der Waals surface area contributed by atoms with E-state index in [1.807, 2.05) is 27.7 Å². The number of carbonyl (C=O) groups is 3. The number of ether oxygens (including phenoxy) is 2. The van der Waals surface area contributed by atoms with E-state index in [1.165, 1.54) is 4.90 Å². The highest BCUT2D eigenvalue weighted by molar-refractivity contribution is 5.69. The zero-order valence-corrected chi connectivity index (χ0v) is 21.0. The van der Waals surface area contributed by atoms with Gasteiger partial charge in [0.2, 0.25) is 0 Å². The van der Waals surface area contributed by atoms with Gasteiger partial charge in [-0.3, -0.25) is 0 Å². The third kappa shape index (κ3) is 15.3. The van der Waals surface area contributed by atoms with Crippen LogP contribution in [-0.2, 0) is 9.47 Å². The van der Waals surface area contributed by atoms with Gasteiger partial charge >= 0.3 is 18.3 Å². The molecule has 9 nitrogen and oxygen atoms in total. The van der Waals surface area contributed by atoms with Crippen LogP contribution in [0.1, 0.15) is 88.5 Å². The molecule has 0 spiro atoms. The van der Waals surface area contributed by atoms with E-state index in [4.69, 9.17) is 9.47 Å². The van der Waals surface area contributed by atoms with Crippen molar-refractivity contribution in [3.63, 3.8) is 0 Å². The fourth-order valence-electron chi connectivity index (χ4n) is 2.71. The fourth-order valence-corrected chi connectivity index (χ4v) is 2.71. The summed E-state index contributed by atoms with van der Waals surface area (Å²) < 4.78 is 10.5. The lowest BCUT2D eigenvalue weighted by Gasteiger charge is -2.31. The zero-order valence-electron chi connectivity index (χ0n) is 21.0. The minimum absolute atomic E-state index is 0.262. The number of hydrogen-bond acceptors (Lipinski definition) is 5. The Morgan fingerprint density at radius 1 is 0.710 bits per heavy atom. The maximum Gasteiger partial charge on any atom is 0.408 e. The molecule has 0 aromatic heterocycles. The molecular weight excluding hydrogens is 402 g/mol. The predicted octanol–water partition coefficient (Wildman–Crippen LogP) is 4.74. The summed E-state index contributed by atoms with van der Waals surface area (Å²) in [6.45, 7) is 18.7. The van der Waals surface area contributed by atoms with Gasteiger partial charge in [-0.05, 0) is 88.5 Å². The molecule has 3 amide bonds. The fraction of sp³-hybridized carbons (Fsp3) is 0.864. The van der Waals surface area contributed by atoms with Crippen LogP contribution in [0.4, 0.5) is 14.4 Å². The van der Waals surface area contributed by atoms with E-state index in [-0.39, 0.29) is 6.54 Å². The van der Waals surface area contributed by atoms with Crippen molar-refractivity contribution in [2.45, 2.75) is 111 Å². The standard InChI is InChI=1S/C22H43N3O6/c1-19(2,3)30-16(26)23-21(7,8)12-11-14-25(18(28)29)15-13-22(9,10)24-17(27)31-20(4,5)6/h11-15H2,1-10H3,(H,23,26)(H,24,27)(H,28,29). The number of alkyl carbamates (subject to hydrolysis) is 2. The molecule has 9 heteroatoms. The van der Waals surface area contributed by atoms with Crippen LogP contribution in [0.25, 0.3) is 0 Å². The Morgan fingerprint density at radius 3 is 1.45 bits per heavy atom. The Hall–Kier alpha value is -2.19. The molecule has 182 valence electrons. The summed E-state index contributed by atoms with van der Waals surface area (Å²) in [6.07, 6.45) is -0.481. The Morgan fingerprint density at radius 2 is 1.10 bits per heavy atom. The smallest absolute Gasteiger partial charge is 0.408 e. The molecular formula is C22H43N3O6. The quantitative estimate of drug-likeness (QED) is 0.472. The lowest BCUT2D eigenvalue weighted by molar-refractivity contribution is 0.0445. The number of hydrogen-bond donors (Lipinski definition) is 3. The van der Waals surface area contributed by atoms with Crippen molar-refractivity contribution in [3.05, 3.63) is 0 Å². The van der Waals surface area contributed by atoms with E-state index in [9.17, 15) is 19.5 Å². The molecule has 31 heavy (non-hydrogen) atoms. The molecule has 0 aromatic carbocycles. The molecule has 0 aliphatic carbocycles. The second-order valence-electron chi connectivity index (χ2n) is 11.1. The number of nitrogens with zero attached hydrogens (tertiary/aromatic N) is 1. The molecule has 3 N–H and O–H groups in total. The van der Waals surface area contributed by atoms with E-state index in [1.54, 1.807) is 41.5 Å². The average Bonchev–Trinajstić information content (AvgIpc) is 2.44. The van der Waals surface area contributed by atoms with Crippen molar-refractivity contribution in [2.24, 2.45) is 0 Å². The van der Waals surface area contributed by atoms with Crippen LogP contribution < -0.4 is 10.6 Å². The molecule has 0 unspecified atom stereocenters. The highest BCUT2D eigenvalue weighted by atomic mass is 16.6. The third-order valence-electron chi connectivity index (χ3n) is 4.19. The maximum atomic E-state index is 12.0. The van der Waals surface area contributed by atoms with E-state index in [0.717, 1.165) is 0 Å². The van der Waals surface area contributed by atoms with Crippen LogP contribution in [0.3, 0.4) is 0 Å². The minimum atomic E-state index is -1.02. The van der Waals surface area contributed by atoms with E-state index in [0.29, 0.717) is 25.8 Å². The summed E-state index contributed by atoms with van der Waals surface area (Å²) in [6, 6.07) is 0. The third-order valence-corrected chi connectivity index (χ3v) is 4.19. The van der Waals surface area contributed by atoms with Crippen LogP contribution in [0.2, 0.25) is 0 Å². The average molecular weight is 446 g/mol. The first kappa shape index (κ1) is 28.8. The Kier molecular flexibility index (Phi) is 10.1. The number of rotatable bonds is 9. The molecule has 0 heterocycles. The monoisotopic (exact) mass is 445 g/mol. The van der Waals surface area contributed by atoms with Gasteiger partial charge in [0.15, 0.2) is 0 Å². The highest BCUT2D eigenvalue weighted by Crippen LogP contribution is 2.16. The van der Waals surface area contributed by atoms with Gasteiger partial charge in [-0.2, -0.15) is 0 Å². The van der Waals surface area contributed by atoms with Crippen molar-refractivity contribution < 1.29 is 29.0 Å². The molecule has 0 aliphatic rings. The van der Waals surface area contributed by atoms with Crippen molar-refractivity contribution in [2.75, 3.05) is 13.1 Å². The van der Waals surface area contributed by atoms with Crippen LogP contribution in [0, 0.1) is 0 Å². The molecule has 0 fully saturated rings. The number of carboxylic acid groups (broad SMARTS) is 1. The maximum absolute atomic E-state index is 12.0. The summed E-state index contributed by atoms with van der Waals surface area (Å²) >= 11 is 0. The number of nitrogens with one attached hydrogen (secondary N) is 2. The Labute approximate surface area is 187 Å². The highest BCUT2D eigenvalue weighted by Gasteiger charge is 2.27. The minimum Gasteiger partial charge on any atom is -0.465 e. The van der Waals surface area contributed by atoms with Gasteiger partial charge in [0, 0.05) is 24.2 Å². The van der Waals surface area contributed by atoms with Gasteiger partial charge in [-0.15, -0.1) is 0 Å². The first-order chi connectivity index (χ1) is 13.7. The predicted molar refractivity (Wildman–Crippen MR) is 120 cm³/mol. The first-order valence-electron chi connectivity index (χ1n) is 10.7. The van der Waals surface area contributed by atoms with E-state index < -0.39 is 40.6 Å². The molecule has 0 rings (SSSR count). The Balaban J connectivity index is 4.63. The Bertz CT molecular complexity index is 618.